The second-order valence-corrected chi connectivity index (χ2v) is 7.88. The van der Waals surface area contributed by atoms with Crippen LogP contribution < -0.4 is 9.64 Å². The highest BCUT2D eigenvalue weighted by molar-refractivity contribution is 6.51. The van der Waals surface area contributed by atoms with Gasteiger partial charge in [-0.3, -0.25) is 19.5 Å². The van der Waals surface area contributed by atoms with E-state index in [9.17, 15) is 23.5 Å². The molecule has 1 atom stereocenters. The van der Waals surface area contributed by atoms with Gasteiger partial charge in [0.05, 0.1) is 23.9 Å². The number of aryl methyl sites for hydroxylation is 1. The Balaban J connectivity index is 1.88. The highest BCUT2D eigenvalue weighted by Gasteiger charge is 2.47. The molecule has 4 rings (SSSR count). The second-order valence-electron chi connectivity index (χ2n) is 7.88. The molecular formula is C26H22F2N2O4. The lowest BCUT2D eigenvalue weighted by atomic mass is 9.95. The Morgan fingerprint density at radius 2 is 1.94 bits per heavy atom. The number of anilines is 1. The topological polar surface area (TPSA) is 79.7 Å². The number of aliphatic hydroxyl groups is 1. The van der Waals surface area contributed by atoms with Crippen molar-refractivity contribution in [3.8, 4) is 5.75 Å². The number of pyridine rings is 1. The molecule has 0 bridgehead atoms. The number of carbonyl (C=O) groups excluding carboxylic acids is 2. The molecule has 1 fully saturated rings. The van der Waals surface area contributed by atoms with Crippen molar-refractivity contribution in [1.82, 2.24) is 4.98 Å². The number of ketones is 1. The quantitative estimate of drug-likeness (QED) is 0.313. The predicted molar refractivity (Wildman–Crippen MR) is 122 cm³/mol. The van der Waals surface area contributed by atoms with Crippen molar-refractivity contribution in [3.05, 3.63) is 94.8 Å². The third-order valence-corrected chi connectivity index (χ3v) is 5.52. The number of nitrogens with zero attached hydrogens (tertiary/aromatic N) is 2. The highest BCUT2D eigenvalue weighted by atomic mass is 19.1. The highest BCUT2D eigenvalue weighted by Crippen LogP contribution is 2.43. The molecule has 3 aromatic rings. The number of benzene rings is 2. The van der Waals surface area contributed by atoms with Crippen molar-refractivity contribution in [2.45, 2.75) is 26.3 Å². The van der Waals surface area contributed by atoms with E-state index >= 15 is 0 Å². The number of carbonyl (C=O) groups is 2. The van der Waals surface area contributed by atoms with E-state index in [1.807, 2.05) is 6.92 Å². The molecule has 0 saturated carbocycles. The van der Waals surface area contributed by atoms with Gasteiger partial charge in [0.1, 0.15) is 23.1 Å². The number of aliphatic hydroxyl groups excluding tert-OH is 1. The Labute approximate surface area is 195 Å². The first-order valence-corrected chi connectivity index (χ1v) is 10.7. The van der Waals surface area contributed by atoms with Crippen LogP contribution in [0.1, 0.15) is 36.1 Å². The van der Waals surface area contributed by atoms with Crippen LogP contribution in [0.3, 0.4) is 0 Å². The molecule has 0 radical (unpaired) electrons. The fraction of sp³-hybridized carbons (Fsp3) is 0.192. The first-order valence-electron chi connectivity index (χ1n) is 10.7. The van der Waals surface area contributed by atoms with Crippen LogP contribution in [0, 0.1) is 18.6 Å². The molecule has 1 aliphatic heterocycles. The number of ether oxygens (including phenoxy) is 1. The summed E-state index contributed by atoms with van der Waals surface area (Å²) in [5.41, 5.74) is 0.910. The van der Waals surface area contributed by atoms with Gasteiger partial charge in [0.15, 0.2) is 0 Å². The first-order chi connectivity index (χ1) is 16.3. The van der Waals surface area contributed by atoms with E-state index in [0.29, 0.717) is 29.5 Å². The summed E-state index contributed by atoms with van der Waals surface area (Å²) in [5, 5.41) is 11.2. The predicted octanol–water partition coefficient (Wildman–Crippen LogP) is 5.08. The molecular weight excluding hydrogens is 442 g/mol. The van der Waals surface area contributed by atoms with Gasteiger partial charge in [-0.05, 0) is 60.9 Å². The van der Waals surface area contributed by atoms with Crippen LogP contribution >= 0.6 is 0 Å². The fourth-order valence-electron chi connectivity index (χ4n) is 3.94. The number of amides is 1. The largest absolute Gasteiger partial charge is 0.507 e. The summed E-state index contributed by atoms with van der Waals surface area (Å²) in [6.07, 6.45) is 3.76. The smallest absolute Gasteiger partial charge is 0.300 e. The van der Waals surface area contributed by atoms with E-state index in [1.165, 1.54) is 12.4 Å². The molecule has 0 spiro atoms. The molecule has 1 amide bonds. The molecule has 1 unspecified atom stereocenters. The maximum atomic E-state index is 14.7. The summed E-state index contributed by atoms with van der Waals surface area (Å²) in [4.78, 5) is 31.1. The zero-order valence-electron chi connectivity index (χ0n) is 18.6. The van der Waals surface area contributed by atoms with Gasteiger partial charge >= 0.3 is 0 Å². The Hall–Kier alpha value is -4.07. The SMILES string of the molecule is CCCOc1ccc(/C(O)=C2\C(=O)C(=O)N(c3ccc(F)cc3F)C2c2cccnc2)cc1C. The van der Waals surface area contributed by atoms with E-state index < -0.39 is 35.1 Å². The molecule has 1 aliphatic rings. The maximum Gasteiger partial charge on any atom is 0.300 e. The lowest BCUT2D eigenvalue weighted by Gasteiger charge is -2.25. The number of hydrogen-bond acceptors (Lipinski definition) is 5. The molecule has 1 saturated heterocycles. The number of aromatic nitrogens is 1. The normalized spacial score (nSPS) is 17.3. The van der Waals surface area contributed by atoms with Crippen LogP contribution in [0.4, 0.5) is 14.5 Å². The monoisotopic (exact) mass is 464 g/mol. The molecule has 1 aromatic heterocycles. The first kappa shape index (κ1) is 23.1. The van der Waals surface area contributed by atoms with Gasteiger partial charge in [0.25, 0.3) is 11.7 Å². The van der Waals surface area contributed by atoms with Gasteiger partial charge in [-0.25, -0.2) is 8.78 Å². The van der Waals surface area contributed by atoms with Crippen LogP contribution in [0.5, 0.6) is 5.75 Å². The third kappa shape index (κ3) is 4.14. The molecule has 174 valence electrons. The molecule has 34 heavy (non-hydrogen) atoms. The van der Waals surface area contributed by atoms with Crippen molar-refractivity contribution >= 4 is 23.1 Å². The molecule has 8 heteroatoms. The average Bonchev–Trinajstić information content (AvgIpc) is 3.09. The average molecular weight is 464 g/mol. The van der Waals surface area contributed by atoms with Crippen LogP contribution in [-0.4, -0.2) is 28.4 Å². The molecule has 2 aromatic carbocycles. The van der Waals surface area contributed by atoms with Gasteiger partial charge in [0, 0.05) is 24.0 Å². The van der Waals surface area contributed by atoms with Gasteiger partial charge in [-0.1, -0.05) is 13.0 Å². The Morgan fingerprint density at radius 1 is 1.15 bits per heavy atom. The standard InChI is InChI=1S/C26H22F2N2O4/c1-3-11-34-21-9-6-16(12-15(21)2)24(31)22-23(17-5-4-10-29-14-17)30(26(33)25(22)32)20-8-7-18(27)13-19(20)28/h4-10,12-14,23,31H,3,11H2,1-2H3/b24-22+. The summed E-state index contributed by atoms with van der Waals surface area (Å²) >= 11 is 0. The van der Waals surface area contributed by atoms with Crippen molar-refractivity contribution in [2.24, 2.45) is 0 Å². The van der Waals surface area contributed by atoms with Crippen LogP contribution in [0.2, 0.25) is 0 Å². The van der Waals surface area contributed by atoms with E-state index in [1.54, 1.807) is 37.3 Å². The number of hydrogen-bond donors (Lipinski definition) is 1. The van der Waals surface area contributed by atoms with Gasteiger partial charge in [-0.15, -0.1) is 0 Å². The van der Waals surface area contributed by atoms with Crippen LogP contribution in [0.25, 0.3) is 5.76 Å². The van der Waals surface area contributed by atoms with Gasteiger partial charge in [-0.2, -0.15) is 0 Å². The molecule has 1 N–H and O–H groups in total. The van der Waals surface area contributed by atoms with Crippen molar-refractivity contribution in [2.75, 3.05) is 11.5 Å². The second kappa shape index (κ2) is 9.43. The minimum Gasteiger partial charge on any atom is -0.507 e. The zero-order chi connectivity index (χ0) is 24.4. The lowest BCUT2D eigenvalue weighted by molar-refractivity contribution is -0.132. The summed E-state index contributed by atoms with van der Waals surface area (Å²) in [5.74, 6) is -3.64. The molecule has 2 heterocycles. The number of halogens is 2. The Morgan fingerprint density at radius 3 is 2.59 bits per heavy atom. The summed E-state index contributed by atoms with van der Waals surface area (Å²) < 4.78 is 33.9. The van der Waals surface area contributed by atoms with Crippen LogP contribution in [0.15, 0.2) is 66.5 Å². The van der Waals surface area contributed by atoms with Crippen molar-refractivity contribution in [1.29, 1.82) is 0 Å². The number of rotatable bonds is 6. The fourth-order valence-corrected chi connectivity index (χ4v) is 3.94. The number of Topliss-reactive ketones (excluding diaryl/α,β-unsaturated/α-hetero) is 1. The minimum atomic E-state index is -1.16. The zero-order valence-corrected chi connectivity index (χ0v) is 18.6. The van der Waals surface area contributed by atoms with E-state index in [0.717, 1.165) is 29.0 Å². The van der Waals surface area contributed by atoms with Crippen molar-refractivity contribution < 1.29 is 28.2 Å². The summed E-state index contributed by atoms with van der Waals surface area (Å²) in [6.45, 7) is 4.31. The Bertz CT molecular complexity index is 1290. The lowest BCUT2D eigenvalue weighted by Crippen LogP contribution is -2.30. The van der Waals surface area contributed by atoms with Gasteiger partial charge in [0.2, 0.25) is 0 Å². The minimum absolute atomic E-state index is 0.219. The molecule has 0 aliphatic carbocycles. The van der Waals surface area contributed by atoms with Crippen LogP contribution in [-0.2, 0) is 9.59 Å². The summed E-state index contributed by atoms with van der Waals surface area (Å²) in [7, 11) is 0. The Kier molecular flexibility index (Phi) is 6.40. The van der Waals surface area contributed by atoms with E-state index in [2.05, 4.69) is 4.98 Å². The summed E-state index contributed by atoms with van der Waals surface area (Å²) in [6, 6.07) is 9.66. The van der Waals surface area contributed by atoms with E-state index in [4.69, 9.17) is 4.74 Å². The third-order valence-electron chi connectivity index (χ3n) is 5.52. The van der Waals surface area contributed by atoms with E-state index in [-0.39, 0.29) is 11.3 Å². The molecule has 6 nitrogen and oxygen atoms in total. The van der Waals surface area contributed by atoms with Gasteiger partial charge < -0.3 is 9.84 Å². The van der Waals surface area contributed by atoms with Crippen molar-refractivity contribution in [3.63, 3.8) is 0 Å². The maximum absolute atomic E-state index is 14.7.